The molecule has 0 radical (unpaired) electrons. The van der Waals surface area contributed by atoms with E-state index in [4.69, 9.17) is 19.3 Å². The predicted molar refractivity (Wildman–Crippen MR) is 135 cm³/mol. The molecule has 35 heavy (non-hydrogen) atoms. The molecule has 2 saturated heterocycles. The Morgan fingerprint density at radius 3 is 2.49 bits per heavy atom. The Labute approximate surface area is 206 Å². The van der Waals surface area contributed by atoms with Crippen LogP contribution in [0.25, 0.3) is 6.08 Å². The Morgan fingerprint density at radius 1 is 1.03 bits per heavy atom. The minimum Gasteiger partial charge on any atom is -0.478 e. The van der Waals surface area contributed by atoms with Crippen LogP contribution in [0.1, 0.15) is 21.7 Å². The first-order valence-electron chi connectivity index (χ1n) is 11.2. The highest BCUT2D eigenvalue weighted by Gasteiger charge is 2.34. The van der Waals surface area contributed by atoms with E-state index < -0.39 is 5.97 Å². The minimum absolute atomic E-state index is 0.184. The van der Waals surface area contributed by atoms with Crippen molar-refractivity contribution in [2.75, 3.05) is 31.2 Å². The maximum absolute atomic E-state index is 13.4. The number of amides is 1. The van der Waals surface area contributed by atoms with Crippen molar-refractivity contribution in [2.45, 2.75) is 6.54 Å². The van der Waals surface area contributed by atoms with Gasteiger partial charge in [0.25, 0.3) is 5.91 Å². The Hall–Kier alpha value is -3.82. The monoisotopic (exact) mass is 489 g/mol. The van der Waals surface area contributed by atoms with Crippen LogP contribution in [0.15, 0.2) is 81.0 Å². The second-order valence-corrected chi connectivity index (χ2v) is 9.02. The molecule has 3 aromatic rings. The first kappa shape index (κ1) is 22.9. The smallest absolute Gasteiger partial charge is 0.335 e. The number of carboxylic acids is 1. The van der Waals surface area contributed by atoms with Crippen LogP contribution in [0.2, 0.25) is 0 Å². The van der Waals surface area contributed by atoms with Gasteiger partial charge in [-0.15, -0.1) is 0 Å². The van der Waals surface area contributed by atoms with Gasteiger partial charge in [-0.2, -0.15) is 0 Å². The van der Waals surface area contributed by atoms with E-state index in [2.05, 4.69) is 4.90 Å². The average Bonchev–Trinajstić information content (AvgIpc) is 3.46. The number of morpholine rings is 1. The summed E-state index contributed by atoms with van der Waals surface area (Å²) in [5.74, 6) is 0.172. The summed E-state index contributed by atoms with van der Waals surface area (Å²) in [4.78, 5) is 33.5. The number of furan rings is 1. The van der Waals surface area contributed by atoms with Gasteiger partial charge in [-0.05, 0) is 47.7 Å². The zero-order chi connectivity index (χ0) is 24.2. The van der Waals surface area contributed by atoms with Crippen molar-refractivity contribution in [1.29, 1.82) is 0 Å². The number of carbonyl (C=O) groups is 2. The van der Waals surface area contributed by atoms with Crippen LogP contribution < -0.4 is 4.90 Å². The third-order valence-electron chi connectivity index (χ3n) is 5.62. The molecule has 2 fully saturated rings. The van der Waals surface area contributed by atoms with Crippen LogP contribution in [-0.2, 0) is 16.1 Å². The van der Waals surface area contributed by atoms with Gasteiger partial charge in [0, 0.05) is 25.2 Å². The number of rotatable bonds is 6. The number of para-hydroxylation sites is 1. The van der Waals surface area contributed by atoms with E-state index in [-0.39, 0.29) is 18.0 Å². The largest absolute Gasteiger partial charge is 0.478 e. The molecular formula is C26H23N3O5S. The molecule has 0 spiro atoms. The standard InChI is InChI=1S/C26H23N3O5S/c30-24-22(16-21-10-11-23(34-21)28-12-14-33-15-13-28)35-26(27-20-4-2-1-3-5-20)29(24)17-18-6-8-19(9-7-18)25(31)32/h1-11,16H,12-15,17H2,(H,31,32)/b22-16-,27-26?. The normalized spacial score (nSPS) is 18.6. The van der Waals surface area contributed by atoms with Gasteiger partial charge in [0.15, 0.2) is 11.1 Å². The zero-order valence-electron chi connectivity index (χ0n) is 18.8. The fourth-order valence-electron chi connectivity index (χ4n) is 3.78. The first-order chi connectivity index (χ1) is 17.1. The Morgan fingerprint density at radius 2 is 1.77 bits per heavy atom. The van der Waals surface area contributed by atoms with Crippen molar-refractivity contribution in [2.24, 2.45) is 4.99 Å². The minimum atomic E-state index is -0.990. The van der Waals surface area contributed by atoms with E-state index in [9.17, 15) is 9.59 Å². The summed E-state index contributed by atoms with van der Waals surface area (Å²) in [6.07, 6.45) is 1.74. The van der Waals surface area contributed by atoms with Gasteiger partial charge in [-0.25, -0.2) is 9.79 Å². The molecular weight excluding hydrogens is 466 g/mol. The van der Waals surface area contributed by atoms with Gasteiger partial charge in [-0.1, -0.05) is 30.3 Å². The average molecular weight is 490 g/mol. The van der Waals surface area contributed by atoms with Crippen LogP contribution in [0.4, 0.5) is 11.6 Å². The summed E-state index contributed by atoms with van der Waals surface area (Å²) in [5, 5.41) is 9.71. The van der Waals surface area contributed by atoms with Gasteiger partial charge < -0.3 is 19.2 Å². The third kappa shape index (κ3) is 5.31. The van der Waals surface area contributed by atoms with Crippen molar-refractivity contribution < 1.29 is 23.8 Å². The van der Waals surface area contributed by atoms with E-state index in [1.165, 1.54) is 23.9 Å². The lowest BCUT2D eigenvalue weighted by Gasteiger charge is -2.26. The summed E-state index contributed by atoms with van der Waals surface area (Å²) < 4.78 is 11.4. The molecule has 0 atom stereocenters. The Kier molecular flexibility index (Phi) is 6.69. The molecule has 0 aliphatic carbocycles. The highest BCUT2D eigenvalue weighted by Crippen LogP contribution is 2.36. The first-order valence-corrected chi connectivity index (χ1v) is 12.0. The van der Waals surface area contributed by atoms with E-state index >= 15 is 0 Å². The number of nitrogens with zero attached hydrogens (tertiary/aromatic N) is 3. The molecule has 2 aliphatic rings. The number of ether oxygens (including phenoxy) is 1. The van der Waals surface area contributed by atoms with Gasteiger partial charge in [0.05, 0.1) is 35.9 Å². The Bertz CT molecular complexity index is 1280. The van der Waals surface area contributed by atoms with Crippen LogP contribution in [0.5, 0.6) is 0 Å². The highest BCUT2D eigenvalue weighted by atomic mass is 32.2. The molecule has 9 heteroatoms. The SMILES string of the molecule is O=C(O)c1ccc(CN2C(=O)/C(=C/c3ccc(N4CCOCC4)o3)SC2=Nc2ccccc2)cc1. The molecule has 3 heterocycles. The molecule has 5 rings (SSSR count). The fourth-order valence-corrected chi connectivity index (χ4v) is 4.76. The molecule has 1 aromatic heterocycles. The molecule has 2 aromatic carbocycles. The number of benzene rings is 2. The summed E-state index contributed by atoms with van der Waals surface area (Å²) >= 11 is 1.29. The lowest BCUT2D eigenvalue weighted by molar-refractivity contribution is -0.122. The Balaban J connectivity index is 1.42. The maximum atomic E-state index is 13.4. The number of aromatic carboxylic acids is 1. The number of aliphatic imine (C=N–C) groups is 1. The molecule has 8 nitrogen and oxygen atoms in total. The van der Waals surface area contributed by atoms with E-state index in [1.54, 1.807) is 23.1 Å². The molecule has 1 amide bonds. The number of hydrogen-bond acceptors (Lipinski definition) is 7. The second-order valence-electron chi connectivity index (χ2n) is 8.01. The molecule has 2 aliphatic heterocycles. The van der Waals surface area contributed by atoms with Gasteiger partial charge >= 0.3 is 5.97 Å². The number of hydrogen-bond donors (Lipinski definition) is 1. The van der Waals surface area contributed by atoms with Crippen LogP contribution in [0.3, 0.4) is 0 Å². The van der Waals surface area contributed by atoms with Crippen LogP contribution >= 0.6 is 11.8 Å². The summed E-state index contributed by atoms with van der Waals surface area (Å²) in [6, 6.07) is 19.7. The van der Waals surface area contributed by atoms with Crippen molar-refractivity contribution in [3.63, 3.8) is 0 Å². The zero-order valence-corrected chi connectivity index (χ0v) is 19.6. The predicted octanol–water partition coefficient (Wildman–Crippen LogP) is 4.62. The molecule has 0 unspecified atom stereocenters. The van der Waals surface area contributed by atoms with E-state index in [1.807, 2.05) is 42.5 Å². The van der Waals surface area contributed by atoms with Gasteiger partial charge in [0.2, 0.25) is 0 Å². The summed E-state index contributed by atoms with van der Waals surface area (Å²) in [5.41, 5.74) is 1.74. The van der Waals surface area contributed by atoms with Gasteiger partial charge in [-0.3, -0.25) is 9.69 Å². The number of thioether (sulfide) groups is 1. The molecule has 178 valence electrons. The number of anilines is 1. The second kappa shape index (κ2) is 10.2. The van der Waals surface area contributed by atoms with Crippen LogP contribution in [0, 0.1) is 0 Å². The lowest BCUT2D eigenvalue weighted by Crippen LogP contribution is -2.35. The third-order valence-corrected chi connectivity index (χ3v) is 6.63. The summed E-state index contributed by atoms with van der Waals surface area (Å²) in [6.45, 7) is 3.12. The van der Waals surface area contributed by atoms with Crippen molar-refractivity contribution >= 4 is 46.5 Å². The molecule has 0 bridgehead atoms. The highest BCUT2D eigenvalue weighted by molar-refractivity contribution is 8.18. The van der Waals surface area contributed by atoms with Gasteiger partial charge in [0.1, 0.15) is 5.76 Å². The quantitative estimate of drug-likeness (QED) is 0.505. The van der Waals surface area contributed by atoms with Crippen molar-refractivity contribution in [1.82, 2.24) is 4.90 Å². The fraction of sp³-hybridized carbons (Fsp3) is 0.192. The lowest BCUT2D eigenvalue weighted by atomic mass is 10.1. The molecule has 0 saturated carbocycles. The topological polar surface area (TPSA) is 95.6 Å². The number of carboxylic acid groups (broad SMARTS) is 1. The van der Waals surface area contributed by atoms with Crippen molar-refractivity contribution in [3.05, 3.63) is 88.5 Å². The number of carbonyl (C=O) groups excluding carboxylic acids is 1. The van der Waals surface area contributed by atoms with E-state index in [0.29, 0.717) is 29.0 Å². The molecule has 1 N–H and O–H groups in total. The summed E-state index contributed by atoms with van der Waals surface area (Å²) in [7, 11) is 0. The maximum Gasteiger partial charge on any atom is 0.335 e. The van der Waals surface area contributed by atoms with E-state index in [0.717, 1.165) is 30.2 Å². The van der Waals surface area contributed by atoms with Crippen LogP contribution in [-0.4, -0.2) is 53.4 Å². The van der Waals surface area contributed by atoms with Crippen molar-refractivity contribution in [3.8, 4) is 0 Å². The number of amidine groups is 1.